The van der Waals surface area contributed by atoms with E-state index in [2.05, 4.69) is 4.72 Å². The van der Waals surface area contributed by atoms with E-state index in [1.807, 2.05) is 0 Å². The third kappa shape index (κ3) is 3.60. The summed E-state index contributed by atoms with van der Waals surface area (Å²) in [6, 6.07) is 5.93. The molecule has 1 aliphatic heterocycles. The number of hydrogen-bond donors (Lipinski definition) is 1. The summed E-state index contributed by atoms with van der Waals surface area (Å²) in [6.07, 6.45) is 5.25. The van der Waals surface area contributed by atoms with Crippen LogP contribution in [0, 0.1) is 5.92 Å². The number of likely N-dealkylation sites (tertiary alicyclic amines) is 1. The van der Waals surface area contributed by atoms with Gasteiger partial charge in [-0.1, -0.05) is 36.6 Å². The van der Waals surface area contributed by atoms with E-state index in [4.69, 9.17) is 11.6 Å². The predicted molar refractivity (Wildman–Crippen MR) is 98.1 cm³/mol. The van der Waals surface area contributed by atoms with Crippen LogP contribution in [0.1, 0.15) is 45.4 Å². The first-order chi connectivity index (χ1) is 12.2. The molecule has 1 N–H and O–H groups in total. The van der Waals surface area contributed by atoms with Gasteiger partial charge in [0, 0.05) is 13.0 Å². The number of nitrogens with one attached hydrogen (secondary N) is 1. The van der Waals surface area contributed by atoms with Crippen molar-refractivity contribution in [1.29, 1.82) is 0 Å². The lowest BCUT2D eigenvalue weighted by Crippen LogP contribution is -2.67. The molecule has 2 fully saturated rings. The second-order valence-electron chi connectivity index (χ2n) is 7.29. The van der Waals surface area contributed by atoms with E-state index in [9.17, 15) is 18.0 Å². The van der Waals surface area contributed by atoms with E-state index < -0.39 is 21.5 Å². The number of benzene rings is 1. The Balaban J connectivity index is 1.70. The Bertz CT molecular complexity index is 820. The zero-order chi connectivity index (χ0) is 18.9. The van der Waals surface area contributed by atoms with Gasteiger partial charge in [0.1, 0.15) is 10.4 Å². The first kappa shape index (κ1) is 19.2. The lowest BCUT2D eigenvalue weighted by atomic mass is 9.85. The number of amides is 2. The van der Waals surface area contributed by atoms with E-state index in [0.717, 1.165) is 25.7 Å². The van der Waals surface area contributed by atoms with Crippen LogP contribution in [0.2, 0.25) is 5.02 Å². The van der Waals surface area contributed by atoms with Gasteiger partial charge in [0.25, 0.3) is 15.9 Å². The Labute approximate surface area is 158 Å². The molecule has 3 rings (SSSR count). The topological polar surface area (TPSA) is 83.6 Å². The molecule has 2 amide bonds. The molecule has 8 heteroatoms. The van der Waals surface area contributed by atoms with Crippen molar-refractivity contribution in [3.8, 4) is 0 Å². The molecule has 1 atom stereocenters. The smallest absolute Gasteiger partial charge is 0.265 e. The molecule has 0 radical (unpaired) electrons. The van der Waals surface area contributed by atoms with Crippen LogP contribution in [0.25, 0.3) is 0 Å². The summed E-state index contributed by atoms with van der Waals surface area (Å²) >= 11 is 5.93. The molecule has 26 heavy (non-hydrogen) atoms. The van der Waals surface area contributed by atoms with E-state index in [0.29, 0.717) is 25.3 Å². The molecular weight excluding hydrogens is 376 g/mol. The summed E-state index contributed by atoms with van der Waals surface area (Å²) in [7, 11) is -4.09. The molecule has 1 unspecified atom stereocenters. The summed E-state index contributed by atoms with van der Waals surface area (Å²) in [5.74, 6) is -0.387. The van der Waals surface area contributed by atoms with Crippen molar-refractivity contribution in [1.82, 2.24) is 9.62 Å². The van der Waals surface area contributed by atoms with Crippen molar-refractivity contribution in [2.75, 3.05) is 6.54 Å². The SMILES string of the molecule is CC1(C(=O)NS(=O)(=O)c2ccccc2Cl)CCN1C(=O)CC1CCCC1. The Kier molecular flexibility index (Phi) is 5.30. The molecular formula is C18H23ClN2O4S. The molecule has 2 aliphatic rings. The molecule has 1 aromatic rings. The quantitative estimate of drug-likeness (QED) is 0.826. The third-order valence-electron chi connectivity index (χ3n) is 5.50. The van der Waals surface area contributed by atoms with E-state index in [1.54, 1.807) is 13.0 Å². The third-order valence-corrected chi connectivity index (χ3v) is 7.33. The fraction of sp³-hybridized carbons (Fsp3) is 0.556. The van der Waals surface area contributed by atoms with Gasteiger partial charge in [-0.05, 0) is 44.2 Å². The molecule has 6 nitrogen and oxygen atoms in total. The zero-order valence-electron chi connectivity index (χ0n) is 14.7. The van der Waals surface area contributed by atoms with Crippen LogP contribution < -0.4 is 4.72 Å². The number of carbonyl (C=O) groups excluding carboxylic acids is 2. The van der Waals surface area contributed by atoms with Crippen molar-refractivity contribution >= 4 is 33.4 Å². The van der Waals surface area contributed by atoms with Gasteiger partial charge < -0.3 is 4.90 Å². The van der Waals surface area contributed by atoms with Gasteiger partial charge in [0.2, 0.25) is 5.91 Å². The monoisotopic (exact) mass is 398 g/mol. The Hall–Kier alpha value is -1.60. The van der Waals surface area contributed by atoms with Crippen LogP contribution >= 0.6 is 11.6 Å². The highest BCUT2D eigenvalue weighted by molar-refractivity contribution is 7.90. The van der Waals surface area contributed by atoms with Crippen LogP contribution in [-0.4, -0.2) is 37.2 Å². The van der Waals surface area contributed by atoms with Crippen molar-refractivity contribution in [2.45, 2.75) is 55.9 Å². The van der Waals surface area contributed by atoms with E-state index >= 15 is 0 Å². The summed E-state index contributed by atoms with van der Waals surface area (Å²) < 4.78 is 27.1. The highest BCUT2D eigenvalue weighted by Gasteiger charge is 2.50. The number of nitrogens with zero attached hydrogens (tertiary/aromatic N) is 1. The highest BCUT2D eigenvalue weighted by atomic mass is 35.5. The van der Waals surface area contributed by atoms with E-state index in [1.165, 1.54) is 23.1 Å². The summed E-state index contributed by atoms with van der Waals surface area (Å²) in [6.45, 7) is 2.09. The maximum Gasteiger partial charge on any atom is 0.265 e. The minimum atomic E-state index is -4.09. The largest absolute Gasteiger partial charge is 0.328 e. The van der Waals surface area contributed by atoms with Crippen molar-refractivity contribution in [2.24, 2.45) is 5.92 Å². The van der Waals surface area contributed by atoms with Gasteiger partial charge in [-0.3, -0.25) is 9.59 Å². The molecule has 0 spiro atoms. The summed E-state index contributed by atoms with van der Waals surface area (Å²) in [5, 5.41) is 0.0423. The Morgan fingerprint density at radius 3 is 2.50 bits per heavy atom. The first-order valence-electron chi connectivity index (χ1n) is 8.86. The standard InChI is InChI=1S/C18H23ClN2O4S/c1-18(10-11-21(18)16(22)12-13-6-2-3-7-13)17(23)20-26(24,25)15-9-5-4-8-14(15)19/h4-5,8-9,13H,2-3,6-7,10-12H2,1H3,(H,20,23). The fourth-order valence-corrected chi connectivity index (χ4v) is 5.31. The number of rotatable bonds is 5. The zero-order valence-corrected chi connectivity index (χ0v) is 16.3. The molecule has 0 aromatic heterocycles. The van der Waals surface area contributed by atoms with E-state index in [-0.39, 0.29) is 15.8 Å². The van der Waals surface area contributed by atoms with Crippen molar-refractivity contribution < 1.29 is 18.0 Å². The van der Waals surface area contributed by atoms with Crippen molar-refractivity contribution in [3.05, 3.63) is 29.3 Å². The average Bonchev–Trinajstić information content (AvgIpc) is 3.05. The summed E-state index contributed by atoms with van der Waals surface area (Å²) in [5.41, 5.74) is -1.13. The van der Waals surface area contributed by atoms with Crippen LogP contribution in [-0.2, 0) is 19.6 Å². The molecule has 1 heterocycles. The summed E-state index contributed by atoms with van der Waals surface area (Å²) in [4.78, 5) is 26.6. The second kappa shape index (κ2) is 7.19. The lowest BCUT2D eigenvalue weighted by Gasteiger charge is -2.49. The molecule has 142 valence electrons. The van der Waals surface area contributed by atoms with Crippen LogP contribution in [0.3, 0.4) is 0 Å². The molecule has 1 saturated heterocycles. The lowest BCUT2D eigenvalue weighted by molar-refractivity contribution is -0.157. The maximum atomic E-state index is 12.7. The molecule has 1 saturated carbocycles. The number of halogens is 1. The minimum absolute atomic E-state index is 0.0423. The van der Waals surface area contributed by atoms with Gasteiger partial charge in [0.05, 0.1) is 5.02 Å². The Morgan fingerprint density at radius 2 is 1.92 bits per heavy atom. The van der Waals surface area contributed by atoms with Gasteiger partial charge >= 0.3 is 0 Å². The normalized spacial score (nSPS) is 23.5. The van der Waals surface area contributed by atoms with Crippen molar-refractivity contribution in [3.63, 3.8) is 0 Å². The van der Waals surface area contributed by atoms with Gasteiger partial charge in [-0.2, -0.15) is 0 Å². The molecule has 1 aromatic carbocycles. The first-order valence-corrected chi connectivity index (χ1v) is 10.7. The molecule has 1 aliphatic carbocycles. The minimum Gasteiger partial charge on any atom is -0.328 e. The highest BCUT2D eigenvalue weighted by Crippen LogP contribution is 2.35. The van der Waals surface area contributed by atoms with Crippen LogP contribution in [0.4, 0.5) is 0 Å². The van der Waals surface area contributed by atoms with Gasteiger partial charge in [0.15, 0.2) is 0 Å². The average molecular weight is 399 g/mol. The predicted octanol–water partition coefficient (Wildman–Crippen LogP) is 2.72. The Morgan fingerprint density at radius 1 is 1.27 bits per heavy atom. The fourth-order valence-electron chi connectivity index (χ4n) is 3.72. The maximum absolute atomic E-state index is 12.7. The van der Waals surface area contributed by atoms with Crippen LogP contribution in [0.5, 0.6) is 0 Å². The van der Waals surface area contributed by atoms with Gasteiger partial charge in [-0.25, -0.2) is 13.1 Å². The van der Waals surface area contributed by atoms with Crippen LogP contribution in [0.15, 0.2) is 29.2 Å². The number of hydrogen-bond acceptors (Lipinski definition) is 4. The second-order valence-corrected chi connectivity index (χ2v) is 9.35. The number of sulfonamides is 1. The number of carbonyl (C=O) groups is 2. The molecule has 0 bridgehead atoms. The van der Waals surface area contributed by atoms with Gasteiger partial charge in [-0.15, -0.1) is 0 Å².